The lowest BCUT2D eigenvalue weighted by Crippen LogP contribution is -2.22. The number of hydrogen-bond donors (Lipinski definition) is 2. The Morgan fingerprint density at radius 1 is 1.03 bits per heavy atom. The van der Waals surface area contributed by atoms with Gasteiger partial charge < -0.3 is 19.8 Å². The lowest BCUT2D eigenvalue weighted by atomic mass is 10.2. The van der Waals surface area contributed by atoms with Gasteiger partial charge in [0.25, 0.3) is 11.8 Å². The highest BCUT2D eigenvalue weighted by Gasteiger charge is 2.14. The second-order valence-electron chi connectivity index (χ2n) is 6.90. The molecule has 0 fully saturated rings. The van der Waals surface area contributed by atoms with Crippen molar-refractivity contribution in [2.24, 2.45) is 0 Å². The van der Waals surface area contributed by atoms with Crippen molar-refractivity contribution in [1.29, 1.82) is 0 Å². The summed E-state index contributed by atoms with van der Waals surface area (Å²) >= 11 is 1.16. The number of benzene rings is 2. The topological polar surface area (TPSA) is 106 Å². The number of ether oxygens (including phenoxy) is 1. The van der Waals surface area contributed by atoms with Gasteiger partial charge in [0, 0.05) is 11.3 Å². The molecule has 9 heteroatoms. The van der Waals surface area contributed by atoms with Crippen LogP contribution in [-0.2, 0) is 13.2 Å². The van der Waals surface area contributed by atoms with Crippen LogP contribution in [0.3, 0.4) is 0 Å². The Morgan fingerprint density at radius 3 is 2.62 bits per heavy atom. The predicted molar refractivity (Wildman–Crippen MR) is 120 cm³/mol. The van der Waals surface area contributed by atoms with Crippen LogP contribution >= 0.6 is 11.3 Å². The molecule has 2 aromatic heterocycles. The first-order valence-corrected chi connectivity index (χ1v) is 10.6. The molecule has 0 atom stereocenters. The maximum Gasteiger partial charge on any atom is 0.286 e. The van der Waals surface area contributed by atoms with E-state index in [0.29, 0.717) is 28.6 Å². The SMILES string of the molecule is Cc1cccc(OCc2nnc(C(=O)Nc3ccc(C(=O)NCc4ccco4)cc3)s2)c1. The Hall–Kier alpha value is -3.98. The van der Waals surface area contributed by atoms with E-state index in [1.807, 2.05) is 31.2 Å². The van der Waals surface area contributed by atoms with Crippen LogP contribution in [0.15, 0.2) is 71.3 Å². The third-order valence-corrected chi connectivity index (χ3v) is 5.32. The second-order valence-corrected chi connectivity index (χ2v) is 7.96. The molecular weight excluding hydrogens is 428 g/mol. The number of anilines is 1. The zero-order chi connectivity index (χ0) is 22.3. The highest BCUT2D eigenvalue weighted by atomic mass is 32.1. The summed E-state index contributed by atoms with van der Waals surface area (Å²) in [6.07, 6.45) is 1.55. The minimum absolute atomic E-state index is 0.230. The van der Waals surface area contributed by atoms with Crippen molar-refractivity contribution in [2.75, 3.05) is 5.32 Å². The van der Waals surface area contributed by atoms with Gasteiger partial charge in [-0.15, -0.1) is 10.2 Å². The van der Waals surface area contributed by atoms with E-state index in [1.165, 1.54) is 0 Å². The molecule has 2 N–H and O–H groups in total. The van der Waals surface area contributed by atoms with Crippen molar-refractivity contribution in [2.45, 2.75) is 20.1 Å². The number of aromatic nitrogens is 2. The molecule has 8 nitrogen and oxygen atoms in total. The number of carbonyl (C=O) groups excluding carboxylic acids is 2. The first-order valence-electron chi connectivity index (χ1n) is 9.81. The van der Waals surface area contributed by atoms with Gasteiger partial charge in [0.15, 0.2) is 5.01 Å². The molecule has 2 aromatic carbocycles. The lowest BCUT2D eigenvalue weighted by Gasteiger charge is -2.06. The van der Waals surface area contributed by atoms with E-state index in [0.717, 1.165) is 22.6 Å². The largest absolute Gasteiger partial charge is 0.486 e. The fourth-order valence-corrected chi connectivity index (χ4v) is 3.47. The highest BCUT2D eigenvalue weighted by molar-refractivity contribution is 7.13. The van der Waals surface area contributed by atoms with Crippen molar-refractivity contribution in [3.8, 4) is 5.75 Å². The van der Waals surface area contributed by atoms with Gasteiger partial charge in [0.05, 0.1) is 12.8 Å². The molecule has 0 aliphatic rings. The molecule has 0 spiro atoms. The van der Waals surface area contributed by atoms with E-state index in [-0.39, 0.29) is 23.4 Å². The lowest BCUT2D eigenvalue weighted by molar-refractivity contribution is 0.0947. The molecule has 32 heavy (non-hydrogen) atoms. The molecule has 0 saturated heterocycles. The monoisotopic (exact) mass is 448 g/mol. The highest BCUT2D eigenvalue weighted by Crippen LogP contribution is 2.18. The molecule has 162 valence electrons. The third-order valence-electron chi connectivity index (χ3n) is 4.42. The van der Waals surface area contributed by atoms with Gasteiger partial charge in [-0.1, -0.05) is 23.5 Å². The Balaban J connectivity index is 1.29. The molecule has 0 bridgehead atoms. The predicted octanol–water partition coefficient (Wildman–Crippen LogP) is 4.20. The standard InChI is InChI=1S/C23H20N4O4S/c1-15-4-2-5-18(12-15)31-14-20-26-27-23(32-20)22(29)25-17-9-7-16(8-10-17)21(28)24-13-19-6-3-11-30-19/h2-12H,13-14H2,1H3,(H,24,28)(H,25,29). The van der Waals surface area contributed by atoms with Gasteiger partial charge in [0.1, 0.15) is 18.1 Å². The average Bonchev–Trinajstić information content (AvgIpc) is 3.49. The summed E-state index contributed by atoms with van der Waals surface area (Å²) in [5.74, 6) is 0.795. The summed E-state index contributed by atoms with van der Waals surface area (Å²) in [5.41, 5.74) is 2.12. The molecule has 0 aliphatic carbocycles. The Morgan fingerprint density at radius 2 is 1.88 bits per heavy atom. The van der Waals surface area contributed by atoms with Gasteiger partial charge in [-0.3, -0.25) is 9.59 Å². The first kappa shape index (κ1) is 21.3. The molecule has 2 amide bonds. The maximum atomic E-state index is 12.5. The van der Waals surface area contributed by atoms with Crippen LogP contribution in [0.4, 0.5) is 5.69 Å². The number of rotatable bonds is 8. The Labute approximate surface area is 188 Å². The molecule has 0 unspecified atom stereocenters. The molecular formula is C23H20N4O4S. The summed E-state index contributed by atoms with van der Waals surface area (Å²) in [6.45, 7) is 2.52. The number of nitrogens with one attached hydrogen (secondary N) is 2. The van der Waals surface area contributed by atoms with Gasteiger partial charge in [-0.2, -0.15) is 0 Å². The van der Waals surface area contributed by atoms with E-state index in [2.05, 4.69) is 20.8 Å². The minimum Gasteiger partial charge on any atom is -0.486 e. The van der Waals surface area contributed by atoms with Gasteiger partial charge in [0.2, 0.25) is 5.01 Å². The second kappa shape index (κ2) is 9.88. The van der Waals surface area contributed by atoms with Crippen LogP contribution in [0.1, 0.15) is 36.5 Å². The van der Waals surface area contributed by atoms with Crippen molar-refractivity contribution in [1.82, 2.24) is 15.5 Å². The van der Waals surface area contributed by atoms with Crippen molar-refractivity contribution >= 4 is 28.8 Å². The number of hydrogen-bond acceptors (Lipinski definition) is 7. The Kier molecular flexibility index (Phi) is 6.57. The fraction of sp³-hybridized carbons (Fsp3) is 0.130. The third kappa shape index (κ3) is 5.58. The van der Waals surface area contributed by atoms with Crippen LogP contribution in [0.2, 0.25) is 0 Å². The van der Waals surface area contributed by atoms with E-state index >= 15 is 0 Å². The van der Waals surface area contributed by atoms with Gasteiger partial charge >= 0.3 is 0 Å². The maximum absolute atomic E-state index is 12.5. The van der Waals surface area contributed by atoms with E-state index in [4.69, 9.17) is 9.15 Å². The quantitative estimate of drug-likeness (QED) is 0.418. The zero-order valence-electron chi connectivity index (χ0n) is 17.2. The van der Waals surface area contributed by atoms with E-state index in [9.17, 15) is 9.59 Å². The van der Waals surface area contributed by atoms with Crippen LogP contribution in [-0.4, -0.2) is 22.0 Å². The summed E-state index contributed by atoms with van der Waals surface area (Å²) in [4.78, 5) is 24.7. The zero-order valence-corrected chi connectivity index (χ0v) is 18.0. The summed E-state index contributed by atoms with van der Waals surface area (Å²) in [7, 11) is 0. The van der Waals surface area contributed by atoms with Crippen molar-refractivity contribution in [3.05, 3.63) is 93.8 Å². The molecule has 4 rings (SSSR count). The van der Waals surface area contributed by atoms with Gasteiger partial charge in [-0.25, -0.2) is 0 Å². The van der Waals surface area contributed by atoms with Crippen molar-refractivity contribution in [3.63, 3.8) is 0 Å². The first-order chi connectivity index (χ1) is 15.6. The molecule has 4 aromatic rings. The number of aryl methyl sites for hydroxylation is 1. The van der Waals surface area contributed by atoms with Crippen LogP contribution in [0.25, 0.3) is 0 Å². The van der Waals surface area contributed by atoms with Crippen LogP contribution < -0.4 is 15.4 Å². The van der Waals surface area contributed by atoms with E-state index in [1.54, 1.807) is 42.7 Å². The minimum atomic E-state index is -0.376. The average molecular weight is 449 g/mol. The number of amides is 2. The summed E-state index contributed by atoms with van der Waals surface area (Å²) < 4.78 is 10.9. The normalized spacial score (nSPS) is 10.5. The van der Waals surface area contributed by atoms with Crippen LogP contribution in [0.5, 0.6) is 5.75 Å². The smallest absolute Gasteiger partial charge is 0.286 e. The van der Waals surface area contributed by atoms with Crippen molar-refractivity contribution < 1.29 is 18.7 Å². The summed E-state index contributed by atoms with van der Waals surface area (Å²) in [6, 6.07) is 17.8. The van der Waals surface area contributed by atoms with Crippen LogP contribution in [0, 0.1) is 6.92 Å². The molecule has 2 heterocycles. The molecule has 0 radical (unpaired) electrons. The summed E-state index contributed by atoms with van der Waals surface area (Å²) in [5, 5.41) is 14.3. The molecule has 0 saturated carbocycles. The number of nitrogens with zero attached hydrogens (tertiary/aromatic N) is 2. The fourth-order valence-electron chi connectivity index (χ4n) is 2.83. The van der Waals surface area contributed by atoms with Gasteiger partial charge in [-0.05, 0) is 61.0 Å². The molecule has 0 aliphatic heterocycles. The Bertz CT molecular complexity index is 1200. The van der Waals surface area contributed by atoms with E-state index < -0.39 is 0 Å². The number of furan rings is 1. The number of carbonyl (C=O) groups is 2.